The third kappa shape index (κ3) is 3.57. The van der Waals surface area contributed by atoms with Crippen LogP contribution in [0.5, 0.6) is 0 Å². The van der Waals surface area contributed by atoms with Crippen LogP contribution < -0.4 is 0 Å². The Morgan fingerprint density at radius 3 is 2.45 bits per heavy atom. The summed E-state index contributed by atoms with van der Waals surface area (Å²) < 4.78 is 8.65. The molecule has 0 aliphatic carbocycles. The molecule has 0 aromatic carbocycles. The lowest BCUT2D eigenvalue weighted by Crippen LogP contribution is -2.25. The van der Waals surface area contributed by atoms with Gasteiger partial charge in [-0.05, 0) is 0 Å². The lowest BCUT2D eigenvalue weighted by Gasteiger charge is -2.07. The zero-order chi connectivity index (χ0) is 8.85. The van der Waals surface area contributed by atoms with E-state index in [1.807, 2.05) is 0 Å². The Labute approximate surface area is 64.4 Å². The van der Waals surface area contributed by atoms with E-state index < -0.39 is 12.1 Å². The van der Waals surface area contributed by atoms with Crippen LogP contribution in [0.1, 0.15) is 6.42 Å². The highest BCUT2D eigenvalue weighted by Gasteiger charge is 2.17. The van der Waals surface area contributed by atoms with Crippen LogP contribution in [0.4, 0.5) is 0 Å². The quantitative estimate of drug-likeness (QED) is 0.333. The second-order valence-electron chi connectivity index (χ2n) is 1.87. The van der Waals surface area contributed by atoms with E-state index in [9.17, 15) is 4.79 Å². The second kappa shape index (κ2) is 4.68. The molecule has 0 aliphatic heterocycles. The Morgan fingerprint density at radius 1 is 1.55 bits per heavy atom. The Hall–Kier alpha value is -1.10. The fraction of sp³-hybridized carbons (Fsp3) is 0.667. The van der Waals surface area contributed by atoms with Crippen molar-refractivity contribution in [3.8, 4) is 0 Å². The average Bonchev–Trinajstić information content (AvgIpc) is 2.02. The molecule has 0 aromatic rings. The van der Waals surface area contributed by atoms with Gasteiger partial charge in [0.2, 0.25) is 0 Å². The molecule has 2 N–H and O–H groups in total. The van der Waals surface area contributed by atoms with E-state index in [0.29, 0.717) is 0 Å². The van der Waals surface area contributed by atoms with Gasteiger partial charge in [-0.1, -0.05) is 0 Å². The van der Waals surface area contributed by atoms with Crippen molar-refractivity contribution in [3.05, 3.63) is 0 Å². The number of aliphatic hydroxyl groups excluding tert-OH is 1. The van der Waals surface area contributed by atoms with Crippen molar-refractivity contribution in [1.29, 1.82) is 5.41 Å². The SMILES string of the molecule is COC(=N)C[C@H](O)C(=O)OC. The molecule has 0 fully saturated rings. The number of nitrogens with one attached hydrogen (secondary N) is 1. The van der Waals surface area contributed by atoms with E-state index >= 15 is 0 Å². The van der Waals surface area contributed by atoms with E-state index in [2.05, 4.69) is 9.47 Å². The molecule has 5 nitrogen and oxygen atoms in total. The van der Waals surface area contributed by atoms with Gasteiger partial charge < -0.3 is 14.6 Å². The first-order valence-electron chi connectivity index (χ1n) is 2.99. The summed E-state index contributed by atoms with van der Waals surface area (Å²) in [5.41, 5.74) is 0. The van der Waals surface area contributed by atoms with Crippen LogP contribution in [0.3, 0.4) is 0 Å². The van der Waals surface area contributed by atoms with Crippen molar-refractivity contribution in [1.82, 2.24) is 0 Å². The first-order valence-corrected chi connectivity index (χ1v) is 2.99. The van der Waals surface area contributed by atoms with Crippen molar-refractivity contribution in [2.75, 3.05) is 14.2 Å². The van der Waals surface area contributed by atoms with E-state index in [0.717, 1.165) is 0 Å². The normalized spacial score (nSPS) is 11.9. The molecule has 0 bridgehead atoms. The molecule has 64 valence electrons. The Bertz CT molecular complexity index is 157. The van der Waals surface area contributed by atoms with Crippen molar-refractivity contribution in [3.63, 3.8) is 0 Å². The van der Waals surface area contributed by atoms with Gasteiger partial charge >= 0.3 is 5.97 Å². The van der Waals surface area contributed by atoms with Gasteiger partial charge in [0, 0.05) is 0 Å². The third-order valence-electron chi connectivity index (χ3n) is 1.10. The van der Waals surface area contributed by atoms with E-state index in [1.54, 1.807) is 0 Å². The van der Waals surface area contributed by atoms with Crippen molar-refractivity contribution in [2.24, 2.45) is 0 Å². The fourth-order valence-electron chi connectivity index (χ4n) is 0.478. The van der Waals surface area contributed by atoms with Gasteiger partial charge in [0.25, 0.3) is 0 Å². The molecule has 0 unspecified atom stereocenters. The van der Waals surface area contributed by atoms with Crippen LogP contribution in [-0.2, 0) is 14.3 Å². The Balaban J connectivity index is 3.77. The maximum absolute atomic E-state index is 10.5. The molecule has 0 aliphatic rings. The molecule has 0 heterocycles. The molecule has 0 aromatic heterocycles. The highest BCUT2D eigenvalue weighted by molar-refractivity contribution is 5.82. The fourth-order valence-corrected chi connectivity index (χ4v) is 0.478. The summed E-state index contributed by atoms with van der Waals surface area (Å²) >= 11 is 0. The average molecular weight is 161 g/mol. The summed E-state index contributed by atoms with van der Waals surface area (Å²) in [5.74, 6) is -0.908. The number of hydrogen-bond acceptors (Lipinski definition) is 5. The van der Waals surface area contributed by atoms with Gasteiger partial charge in [0.05, 0.1) is 20.6 Å². The highest BCUT2D eigenvalue weighted by atomic mass is 16.5. The molecule has 0 rings (SSSR count). The maximum atomic E-state index is 10.5. The number of hydrogen-bond donors (Lipinski definition) is 2. The lowest BCUT2D eigenvalue weighted by atomic mass is 10.2. The summed E-state index contributed by atoms with van der Waals surface area (Å²) in [7, 11) is 2.47. The standard InChI is InChI=1S/C6H11NO4/c1-10-5(7)3-4(8)6(9)11-2/h4,7-8H,3H2,1-2H3/t4-/m0/s1. The van der Waals surface area contributed by atoms with Gasteiger partial charge in [0.15, 0.2) is 12.0 Å². The molecule has 0 spiro atoms. The smallest absolute Gasteiger partial charge is 0.335 e. The molecule has 0 saturated heterocycles. The Kier molecular flexibility index (Phi) is 4.21. The summed E-state index contributed by atoms with van der Waals surface area (Å²) in [6.07, 6.45) is -1.45. The van der Waals surface area contributed by atoms with Crippen molar-refractivity contribution < 1.29 is 19.4 Å². The first kappa shape index (κ1) is 9.90. The number of carbonyl (C=O) groups excluding carboxylic acids is 1. The summed E-state index contributed by atoms with van der Waals surface area (Å²) in [5, 5.41) is 15.9. The molecule has 11 heavy (non-hydrogen) atoms. The zero-order valence-corrected chi connectivity index (χ0v) is 6.46. The van der Waals surface area contributed by atoms with Gasteiger partial charge in [0.1, 0.15) is 0 Å². The van der Waals surface area contributed by atoms with Crippen LogP contribution in [0.15, 0.2) is 0 Å². The minimum Gasteiger partial charge on any atom is -0.484 e. The molecule has 1 atom stereocenters. The largest absolute Gasteiger partial charge is 0.484 e. The predicted octanol–water partition coefficient (Wildman–Crippen LogP) is -0.466. The number of ether oxygens (including phenoxy) is 2. The van der Waals surface area contributed by atoms with Crippen LogP contribution in [-0.4, -0.2) is 37.3 Å². The topological polar surface area (TPSA) is 79.6 Å². The molecular weight excluding hydrogens is 150 g/mol. The summed E-state index contributed by atoms with van der Waals surface area (Å²) in [4.78, 5) is 10.5. The number of rotatable bonds is 3. The van der Waals surface area contributed by atoms with Gasteiger partial charge in [-0.2, -0.15) is 0 Å². The monoisotopic (exact) mass is 161 g/mol. The number of esters is 1. The number of methoxy groups -OCH3 is 2. The van der Waals surface area contributed by atoms with Gasteiger partial charge in [-0.15, -0.1) is 0 Å². The second-order valence-corrected chi connectivity index (χ2v) is 1.87. The Morgan fingerprint density at radius 2 is 2.09 bits per heavy atom. The van der Waals surface area contributed by atoms with Crippen LogP contribution >= 0.6 is 0 Å². The first-order chi connectivity index (χ1) is 5.11. The van der Waals surface area contributed by atoms with Crippen molar-refractivity contribution in [2.45, 2.75) is 12.5 Å². The van der Waals surface area contributed by atoms with Gasteiger partial charge in [-0.3, -0.25) is 5.41 Å². The lowest BCUT2D eigenvalue weighted by molar-refractivity contribution is -0.150. The number of carbonyl (C=O) groups is 1. The molecule has 0 amide bonds. The van der Waals surface area contributed by atoms with Gasteiger partial charge in [-0.25, -0.2) is 4.79 Å². The summed E-state index contributed by atoms with van der Waals surface area (Å²) in [6.45, 7) is 0. The maximum Gasteiger partial charge on any atom is 0.335 e. The van der Waals surface area contributed by atoms with E-state index in [4.69, 9.17) is 10.5 Å². The minimum absolute atomic E-state index is 0.150. The van der Waals surface area contributed by atoms with Crippen LogP contribution in [0, 0.1) is 5.41 Å². The molecule has 0 radical (unpaired) electrons. The van der Waals surface area contributed by atoms with E-state index in [1.165, 1.54) is 14.2 Å². The van der Waals surface area contributed by atoms with E-state index in [-0.39, 0.29) is 12.3 Å². The molecule has 0 saturated carbocycles. The van der Waals surface area contributed by atoms with Crippen LogP contribution in [0.25, 0.3) is 0 Å². The summed E-state index contributed by atoms with van der Waals surface area (Å²) in [6, 6.07) is 0. The zero-order valence-electron chi connectivity index (χ0n) is 6.46. The predicted molar refractivity (Wildman–Crippen MR) is 37.4 cm³/mol. The highest BCUT2D eigenvalue weighted by Crippen LogP contribution is 1.95. The molecule has 5 heteroatoms. The molecular formula is C6H11NO4. The number of aliphatic hydroxyl groups is 1. The van der Waals surface area contributed by atoms with Crippen molar-refractivity contribution >= 4 is 11.9 Å². The van der Waals surface area contributed by atoms with Crippen LogP contribution in [0.2, 0.25) is 0 Å². The third-order valence-corrected chi connectivity index (χ3v) is 1.10. The minimum atomic E-state index is -1.30.